The molecule has 0 N–H and O–H groups in total. The predicted octanol–water partition coefficient (Wildman–Crippen LogP) is 6.94. The third-order valence-electron chi connectivity index (χ3n) is 2.93. The topological polar surface area (TPSA) is 14.1 Å². The van der Waals surface area contributed by atoms with Gasteiger partial charge < -0.3 is 5.32 Å². The van der Waals surface area contributed by atoms with Crippen LogP contribution in [-0.2, 0) is 0 Å². The molecular weight excluding hydrogens is 342 g/mol. The Balaban J connectivity index is 1.88. The van der Waals surface area contributed by atoms with Gasteiger partial charge in [0.25, 0.3) is 0 Å². The summed E-state index contributed by atoms with van der Waals surface area (Å²) in [6, 6.07) is 26.6. The van der Waals surface area contributed by atoms with E-state index in [0.717, 1.165) is 20.7 Å². The molecule has 0 atom stereocenters. The second-order valence-corrected chi connectivity index (χ2v) is 6.42. The highest BCUT2D eigenvalue weighted by Crippen LogP contribution is 2.42. The van der Waals surface area contributed by atoms with Crippen LogP contribution in [0.2, 0.25) is 0 Å². The highest BCUT2D eigenvalue weighted by atomic mass is 79.9. The van der Waals surface area contributed by atoms with Gasteiger partial charge in [-0.2, -0.15) is 0 Å². The molecule has 0 saturated carbocycles. The zero-order valence-corrected chi connectivity index (χ0v) is 13.6. The van der Waals surface area contributed by atoms with E-state index >= 15 is 0 Å². The van der Waals surface area contributed by atoms with E-state index in [4.69, 9.17) is 5.32 Å². The van der Waals surface area contributed by atoms with Crippen molar-refractivity contribution >= 4 is 39.1 Å². The molecule has 3 rings (SSSR count). The van der Waals surface area contributed by atoms with Crippen molar-refractivity contribution in [2.75, 3.05) is 0 Å². The zero-order chi connectivity index (χ0) is 14.5. The van der Waals surface area contributed by atoms with Crippen molar-refractivity contribution < 1.29 is 0 Å². The van der Waals surface area contributed by atoms with Crippen molar-refractivity contribution in [2.45, 2.75) is 9.79 Å². The average Bonchev–Trinajstić information content (AvgIpc) is 2.52. The van der Waals surface area contributed by atoms with Crippen molar-refractivity contribution in [1.82, 2.24) is 0 Å². The summed E-state index contributed by atoms with van der Waals surface area (Å²) in [5.74, 6) is 0. The molecule has 3 aromatic rings. The van der Waals surface area contributed by atoms with Gasteiger partial charge >= 0.3 is 0 Å². The average molecular weight is 355 g/mol. The molecule has 0 amide bonds. The molecule has 21 heavy (non-hydrogen) atoms. The van der Waals surface area contributed by atoms with Crippen LogP contribution >= 0.6 is 27.7 Å². The maximum absolute atomic E-state index is 4.77. The number of rotatable bonds is 4. The summed E-state index contributed by atoms with van der Waals surface area (Å²) in [7, 11) is 0. The summed E-state index contributed by atoms with van der Waals surface area (Å²) < 4.78 is 1.00. The minimum absolute atomic E-state index is 0.943. The quantitative estimate of drug-likeness (QED) is 0.494. The van der Waals surface area contributed by atoms with E-state index in [9.17, 15) is 0 Å². The lowest BCUT2D eigenvalue weighted by molar-refractivity contribution is 1.40. The van der Waals surface area contributed by atoms with Gasteiger partial charge in [-0.3, -0.25) is 0 Å². The van der Waals surface area contributed by atoms with Crippen molar-refractivity contribution in [3.05, 3.63) is 88.7 Å². The molecule has 0 radical (unpaired) electrons. The van der Waals surface area contributed by atoms with E-state index in [0.29, 0.717) is 0 Å². The zero-order valence-electron chi connectivity index (χ0n) is 11.2. The van der Waals surface area contributed by atoms with Crippen LogP contribution in [-0.4, -0.2) is 0 Å². The Morgan fingerprint density at radius 3 is 2.05 bits per heavy atom. The van der Waals surface area contributed by atoms with Crippen molar-refractivity contribution in [1.29, 1.82) is 0 Å². The lowest BCUT2D eigenvalue weighted by Crippen LogP contribution is -1.77. The van der Waals surface area contributed by atoms with E-state index in [-0.39, 0.29) is 0 Å². The van der Waals surface area contributed by atoms with Gasteiger partial charge in [-0.05, 0) is 29.2 Å². The molecule has 0 fully saturated rings. The molecule has 0 aromatic heterocycles. The number of hydrogen-bond acceptors (Lipinski definition) is 1. The predicted molar refractivity (Wildman–Crippen MR) is 93.8 cm³/mol. The molecule has 0 saturated heterocycles. The first-order valence-corrected chi connectivity index (χ1v) is 8.22. The SMILES string of the molecule is Brc1ccccc1[N-]c1ccccc1Sc1ccccc1. The molecule has 0 aliphatic carbocycles. The van der Waals surface area contributed by atoms with Crippen molar-refractivity contribution in [2.24, 2.45) is 0 Å². The molecule has 3 heteroatoms. The summed E-state index contributed by atoms with van der Waals surface area (Å²) in [5.41, 5.74) is 1.93. The number of nitrogens with zero attached hydrogens (tertiary/aromatic N) is 1. The largest absolute Gasteiger partial charge is 0.656 e. The fourth-order valence-electron chi connectivity index (χ4n) is 1.92. The van der Waals surface area contributed by atoms with Crippen LogP contribution in [0.4, 0.5) is 11.4 Å². The Bertz CT molecular complexity index is 728. The first kappa shape index (κ1) is 14.2. The second-order valence-electron chi connectivity index (χ2n) is 4.45. The van der Waals surface area contributed by atoms with Gasteiger partial charge in [0.15, 0.2) is 0 Å². The molecule has 0 spiro atoms. The monoisotopic (exact) mass is 354 g/mol. The van der Waals surface area contributed by atoms with Gasteiger partial charge in [-0.15, -0.1) is 11.4 Å². The normalized spacial score (nSPS) is 10.3. The minimum atomic E-state index is 0.943. The Labute approximate surface area is 137 Å². The van der Waals surface area contributed by atoms with E-state index < -0.39 is 0 Å². The fraction of sp³-hybridized carbons (Fsp3) is 0. The molecule has 0 bridgehead atoms. The van der Waals surface area contributed by atoms with Gasteiger partial charge in [0.2, 0.25) is 0 Å². The summed E-state index contributed by atoms with van der Waals surface area (Å²) >= 11 is 5.27. The van der Waals surface area contributed by atoms with Gasteiger partial charge in [-0.25, -0.2) is 0 Å². The molecule has 0 heterocycles. The van der Waals surface area contributed by atoms with E-state index in [2.05, 4.69) is 46.3 Å². The summed E-state index contributed by atoms with van der Waals surface area (Å²) in [4.78, 5) is 2.37. The van der Waals surface area contributed by atoms with Gasteiger partial charge in [0.1, 0.15) is 0 Å². The Kier molecular flexibility index (Phi) is 4.63. The van der Waals surface area contributed by atoms with Crippen LogP contribution in [0.3, 0.4) is 0 Å². The maximum atomic E-state index is 4.77. The molecule has 0 aliphatic heterocycles. The summed E-state index contributed by atoms with van der Waals surface area (Å²) in [6.07, 6.45) is 0. The number of benzene rings is 3. The molecule has 0 aliphatic rings. The second kappa shape index (κ2) is 6.83. The third kappa shape index (κ3) is 3.69. The highest BCUT2D eigenvalue weighted by molar-refractivity contribution is 9.10. The Hall–Kier alpha value is -1.71. The maximum Gasteiger partial charge on any atom is 0.0121 e. The summed E-state index contributed by atoms with van der Waals surface area (Å²) in [6.45, 7) is 0. The van der Waals surface area contributed by atoms with Crippen LogP contribution in [0.5, 0.6) is 0 Å². The Morgan fingerprint density at radius 2 is 1.29 bits per heavy atom. The molecule has 104 valence electrons. The lowest BCUT2D eigenvalue weighted by Gasteiger charge is -2.26. The van der Waals surface area contributed by atoms with Crippen LogP contribution in [0.25, 0.3) is 5.32 Å². The van der Waals surface area contributed by atoms with E-state index in [1.165, 1.54) is 4.90 Å². The van der Waals surface area contributed by atoms with Gasteiger partial charge in [-0.1, -0.05) is 82.3 Å². The first-order valence-electron chi connectivity index (χ1n) is 6.61. The van der Waals surface area contributed by atoms with Crippen LogP contribution in [0, 0.1) is 0 Å². The first-order chi connectivity index (χ1) is 10.3. The van der Waals surface area contributed by atoms with E-state index in [1.54, 1.807) is 11.8 Å². The number of halogens is 1. The van der Waals surface area contributed by atoms with Crippen LogP contribution in [0.15, 0.2) is 93.1 Å². The molecule has 1 nitrogen and oxygen atoms in total. The van der Waals surface area contributed by atoms with Crippen LogP contribution < -0.4 is 0 Å². The van der Waals surface area contributed by atoms with Crippen LogP contribution in [0.1, 0.15) is 0 Å². The molecule has 0 unspecified atom stereocenters. The molecule has 3 aromatic carbocycles. The standard InChI is InChI=1S/C18H13BrNS/c19-15-10-4-5-11-16(15)20-17-12-6-7-13-18(17)21-14-8-2-1-3-9-14/h1-13H/q-1. The fourth-order valence-corrected chi connectivity index (χ4v) is 3.21. The Morgan fingerprint density at radius 1 is 0.667 bits per heavy atom. The smallest absolute Gasteiger partial charge is 0.0121 e. The van der Waals surface area contributed by atoms with Crippen molar-refractivity contribution in [3.63, 3.8) is 0 Å². The van der Waals surface area contributed by atoms with Crippen molar-refractivity contribution in [3.8, 4) is 0 Å². The molecular formula is C18H13BrNS-. The lowest BCUT2D eigenvalue weighted by atomic mass is 10.2. The third-order valence-corrected chi connectivity index (χ3v) is 4.67. The number of hydrogen-bond donors (Lipinski definition) is 0. The van der Waals surface area contributed by atoms with Gasteiger partial charge in [0.05, 0.1) is 0 Å². The minimum Gasteiger partial charge on any atom is -0.656 e. The van der Waals surface area contributed by atoms with E-state index in [1.807, 2.05) is 48.5 Å². The van der Waals surface area contributed by atoms with Gasteiger partial charge in [0, 0.05) is 9.37 Å². The number of para-hydroxylation sites is 2. The highest BCUT2D eigenvalue weighted by Gasteiger charge is 1.98. The summed E-state index contributed by atoms with van der Waals surface area (Å²) in [5, 5.41) is 4.77.